The van der Waals surface area contributed by atoms with Crippen LogP contribution in [0.4, 0.5) is 5.69 Å². The molecular formula is C15H12N4O. The Hall–Kier alpha value is -2.95. The highest BCUT2D eigenvalue weighted by Gasteiger charge is 2.07. The lowest BCUT2D eigenvalue weighted by Gasteiger charge is -2.06. The Morgan fingerprint density at radius 3 is 2.85 bits per heavy atom. The third-order valence-electron chi connectivity index (χ3n) is 2.83. The Labute approximate surface area is 115 Å². The van der Waals surface area contributed by atoms with Crippen molar-refractivity contribution in [2.24, 2.45) is 0 Å². The molecule has 0 atom stereocenters. The van der Waals surface area contributed by atoms with Gasteiger partial charge in [-0.05, 0) is 24.3 Å². The van der Waals surface area contributed by atoms with E-state index in [9.17, 15) is 4.79 Å². The molecule has 0 aliphatic heterocycles. The monoisotopic (exact) mass is 264 g/mol. The van der Waals surface area contributed by atoms with E-state index in [2.05, 4.69) is 20.3 Å². The number of anilines is 1. The average Bonchev–Trinajstić information content (AvgIpc) is 3.03. The maximum absolute atomic E-state index is 12.0. The van der Waals surface area contributed by atoms with Gasteiger partial charge in [-0.15, -0.1) is 0 Å². The molecule has 0 aliphatic carbocycles. The maximum Gasteiger partial charge on any atom is 0.274 e. The lowest BCUT2D eigenvalue weighted by molar-refractivity contribution is 0.102. The van der Waals surface area contributed by atoms with Gasteiger partial charge in [0.25, 0.3) is 5.91 Å². The van der Waals surface area contributed by atoms with E-state index in [1.807, 2.05) is 24.3 Å². The number of benzene rings is 1. The van der Waals surface area contributed by atoms with Crippen molar-refractivity contribution in [1.29, 1.82) is 0 Å². The normalized spacial score (nSPS) is 10.2. The molecule has 5 heteroatoms. The summed E-state index contributed by atoms with van der Waals surface area (Å²) in [6, 6.07) is 12.8. The number of nitrogens with zero attached hydrogens (tertiary/aromatic N) is 2. The molecule has 2 heterocycles. The molecule has 0 fully saturated rings. The number of amides is 1. The number of aromatic nitrogens is 3. The van der Waals surface area contributed by atoms with Crippen molar-refractivity contribution in [3.63, 3.8) is 0 Å². The van der Waals surface area contributed by atoms with Gasteiger partial charge in [-0.2, -0.15) is 0 Å². The first-order chi connectivity index (χ1) is 9.83. The van der Waals surface area contributed by atoms with Crippen LogP contribution in [0.1, 0.15) is 10.5 Å². The molecule has 20 heavy (non-hydrogen) atoms. The molecule has 0 unspecified atom stereocenters. The van der Waals surface area contributed by atoms with E-state index in [1.165, 1.54) is 0 Å². The number of rotatable bonds is 3. The quantitative estimate of drug-likeness (QED) is 0.764. The molecule has 1 amide bonds. The number of aromatic amines is 1. The highest BCUT2D eigenvalue weighted by atomic mass is 16.1. The Kier molecular flexibility index (Phi) is 3.24. The molecule has 2 N–H and O–H groups in total. The SMILES string of the molecule is O=C(Nc1cccc(-c2cnc[nH]2)c1)c1ccccn1. The van der Waals surface area contributed by atoms with Crippen LogP contribution in [0.3, 0.4) is 0 Å². The van der Waals surface area contributed by atoms with Crippen molar-refractivity contribution >= 4 is 11.6 Å². The van der Waals surface area contributed by atoms with Crippen LogP contribution in [0, 0.1) is 0 Å². The summed E-state index contributed by atoms with van der Waals surface area (Å²) in [4.78, 5) is 23.1. The maximum atomic E-state index is 12.0. The van der Waals surface area contributed by atoms with Crippen LogP contribution in [0.2, 0.25) is 0 Å². The largest absolute Gasteiger partial charge is 0.345 e. The van der Waals surface area contributed by atoms with Crippen molar-refractivity contribution in [2.75, 3.05) is 5.32 Å². The van der Waals surface area contributed by atoms with Crippen LogP contribution in [-0.4, -0.2) is 20.9 Å². The number of hydrogen-bond donors (Lipinski definition) is 2. The minimum atomic E-state index is -0.229. The number of carbonyl (C=O) groups excluding carboxylic acids is 1. The summed E-state index contributed by atoms with van der Waals surface area (Å²) in [5, 5.41) is 2.82. The topological polar surface area (TPSA) is 70.7 Å². The lowest BCUT2D eigenvalue weighted by Crippen LogP contribution is -2.13. The minimum absolute atomic E-state index is 0.229. The number of pyridine rings is 1. The van der Waals surface area contributed by atoms with Gasteiger partial charge in [-0.3, -0.25) is 9.78 Å². The molecule has 5 nitrogen and oxygen atoms in total. The van der Waals surface area contributed by atoms with E-state index >= 15 is 0 Å². The van der Waals surface area contributed by atoms with Crippen molar-refractivity contribution in [3.8, 4) is 11.3 Å². The molecule has 0 aliphatic rings. The Morgan fingerprint density at radius 1 is 1.15 bits per heavy atom. The van der Waals surface area contributed by atoms with E-state index in [4.69, 9.17) is 0 Å². The summed E-state index contributed by atoms with van der Waals surface area (Å²) in [5.74, 6) is -0.229. The zero-order chi connectivity index (χ0) is 13.8. The molecule has 0 saturated carbocycles. The predicted molar refractivity (Wildman–Crippen MR) is 76.2 cm³/mol. The molecule has 3 aromatic rings. The molecule has 3 rings (SSSR count). The molecule has 98 valence electrons. The van der Waals surface area contributed by atoms with Gasteiger partial charge in [0.15, 0.2) is 0 Å². The minimum Gasteiger partial charge on any atom is -0.345 e. The first kappa shape index (κ1) is 12.1. The molecule has 2 aromatic heterocycles. The summed E-state index contributed by atoms with van der Waals surface area (Å²) >= 11 is 0. The number of nitrogens with one attached hydrogen (secondary N) is 2. The highest BCUT2D eigenvalue weighted by molar-refractivity contribution is 6.03. The van der Waals surface area contributed by atoms with Crippen molar-refractivity contribution in [3.05, 3.63) is 66.9 Å². The number of carbonyl (C=O) groups is 1. The number of hydrogen-bond acceptors (Lipinski definition) is 3. The summed E-state index contributed by atoms with van der Waals surface area (Å²) in [7, 11) is 0. The van der Waals surface area contributed by atoms with Crippen molar-refractivity contribution < 1.29 is 4.79 Å². The smallest absolute Gasteiger partial charge is 0.274 e. The number of H-pyrrole nitrogens is 1. The summed E-state index contributed by atoms with van der Waals surface area (Å²) in [5.41, 5.74) is 2.97. The van der Waals surface area contributed by atoms with Crippen molar-refractivity contribution in [1.82, 2.24) is 15.0 Å². The lowest BCUT2D eigenvalue weighted by atomic mass is 10.1. The third kappa shape index (κ3) is 2.56. The van der Waals surface area contributed by atoms with E-state index < -0.39 is 0 Å². The second-order valence-electron chi connectivity index (χ2n) is 4.22. The molecule has 0 spiro atoms. The standard InChI is InChI=1S/C15H12N4O/c20-15(13-6-1-2-7-17-13)19-12-5-3-4-11(8-12)14-9-16-10-18-14/h1-10H,(H,16,18)(H,19,20). The fraction of sp³-hybridized carbons (Fsp3) is 0. The van der Waals surface area contributed by atoms with Crippen LogP contribution >= 0.6 is 0 Å². The zero-order valence-electron chi connectivity index (χ0n) is 10.6. The third-order valence-corrected chi connectivity index (χ3v) is 2.83. The van der Waals surface area contributed by atoms with Crippen LogP contribution in [-0.2, 0) is 0 Å². The second-order valence-corrected chi connectivity index (χ2v) is 4.22. The predicted octanol–water partition coefficient (Wildman–Crippen LogP) is 2.72. The summed E-state index contributed by atoms with van der Waals surface area (Å²) in [6.07, 6.45) is 4.95. The Balaban J connectivity index is 1.82. The average molecular weight is 264 g/mol. The van der Waals surface area contributed by atoms with Gasteiger partial charge in [0.2, 0.25) is 0 Å². The van der Waals surface area contributed by atoms with E-state index in [0.717, 1.165) is 11.3 Å². The van der Waals surface area contributed by atoms with Crippen LogP contribution in [0.15, 0.2) is 61.2 Å². The fourth-order valence-electron chi connectivity index (χ4n) is 1.87. The van der Waals surface area contributed by atoms with Gasteiger partial charge in [-0.25, -0.2) is 4.98 Å². The van der Waals surface area contributed by atoms with Gasteiger partial charge in [-0.1, -0.05) is 18.2 Å². The van der Waals surface area contributed by atoms with Crippen LogP contribution < -0.4 is 5.32 Å². The first-order valence-electron chi connectivity index (χ1n) is 6.14. The van der Waals surface area contributed by atoms with Crippen LogP contribution in [0.25, 0.3) is 11.3 Å². The molecule has 0 bridgehead atoms. The van der Waals surface area contributed by atoms with E-state index in [1.54, 1.807) is 36.9 Å². The Morgan fingerprint density at radius 2 is 2.10 bits per heavy atom. The summed E-state index contributed by atoms with van der Waals surface area (Å²) in [6.45, 7) is 0. The highest BCUT2D eigenvalue weighted by Crippen LogP contribution is 2.20. The fourth-order valence-corrected chi connectivity index (χ4v) is 1.87. The summed E-state index contributed by atoms with van der Waals surface area (Å²) < 4.78 is 0. The van der Waals surface area contributed by atoms with E-state index in [0.29, 0.717) is 11.4 Å². The van der Waals surface area contributed by atoms with Gasteiger partial charge in [0.1, 0.15) is 5.69 Å². The van der Waals surface area contributed by atoms with Gasteiger partial charge in [0.05, 0.1) is 18.2 Å². The second kappa shape index (κ2) is 5.36. The first-order valence-corrected chi connectivity index (χ1v) is 6.14. The zero-order valence-corrected chi connectivity index (χ0v) is 10.6. The van der Waals surface area contributed by atoms with Gasteiger partial charge in [0, 0.05) is 17.4 Å². The van der Waals surface area contributed by atoms with Gasteiger partial charge < -0.3 is 10.3 Å². The van der Waals surface area contributed by atoms with Crippen molar-refractivity contribution in [2.45, 2.75) is 0 Å². The molecule has 0 saturated heterocycles. The molecule has 0 radical (unpaired) electrons. The number of imidazole rings is 1. The molecule has 1 aromatic carbocycles. The van der Waals surface area contributed by atoms with Crippen LogP contribution in [0.5, 0.6) is 0 Å². The van der Waals surface area contributed by atoms with Gasteiger partial charge >= 0.3 is 0 Å². The molecular weight excluding hydrogens is 252 g/mol. The Bertz CT molecular complexity index is 708. The van der Waals surface area contributed by atoms with E-state index in [-0.39, 0.29) is 5.91 Å².